The molecule has 0 radical (unpaired) electrons. The second-order valence-corrected chi connectivity index (χ2v) is 7.84. The number of hydrogen-bond donors (Lipinski definition) is 1. The van der Waals surface area contributed by atoms with Gasteiger partial charge in [-0.15, -0.1) is 0 Å². The summed E-state index contributed by atoms with van der Waals surface area (Å²) in [5.74, 6) is 1.54. The maximum atomic E-state index is 13.3. The van der Waals surface area contributed by atoms with Crippen LogP contribution in [0, 0.1) is 6.92 Å². The number of rotatable bonds is 1. The minimum Gasteiger partial charge on any atom is -0.493 e. The molecular formula is C24H24N6O2. The number of imidazole rings is 1. The average Bonchev–Trinajstić information content (AvgIpc) is 3.40. The topological polar surface area (TPSA) is 86.9 Å². The van der Waals surface area contributed by atoms with Gasteiger partial charge in [0.25, 0.3) is 5.91 Å². The second-order valence-electron chi connectivity index (χ2n) is 7.84. The quantitative estimate of drug-likeness (QED) is 0.494. The Hall–Kier alpha value is -3.94. The molecule has 5 rings (SSSR count). The number of benzene rings is 1. The Kier molecular flexibility index (Phi) is 5.18. The molecule has 0 fully saturated rings. The molecule has 1 aliphatic rings. The fraction of sp³-hybridized carbons (Fsp3) is 0.250. The van der Waals surface area contributed by atoms with Crippen LogP contribution in [0.4, 0.5) is 5.82 Å². The first-order chi connectivity index (χ1) is 15.6. The van der Waals surface area contributed by atoms with Crippen LogP contribution in [0.3, 0.4) is 0 Å². The molecule has 0 unspecified atom stereocenters. The lowest BCUT2D eigenvalue weighted by Gasteiger charge is -2.15. The molecule has 0 saturated carbocycles. The van der Waals surface area contributed by atoms with E-state index in [4.69, 9.17) is 4.74 Å². The van der Waals surface area contributed by atoms with Crippen molar-refractivity contribution >= 4 is 11.7 Å². The van der Waals surface area contributed by atoms with Gasteiger partial charge in [0.1, 0.15) is 17.3 Å². The smallest absolute Gasteiger partial charge is 0.260 e. The van der Waals surface area contributed by atoms with Gasteiger partial charge in [0, 0.05) is 37.2 Å². The number of aryl methyl sites for hydroxylation is 2. The lowest BCUT2D eigenvalue weighted by molar-refractivity contribution is 0.102. The maximum Gasteiger partial charge on any atom is 0.260 e. The van der Waals surface area contributed by atoms with Gasteiger partial charge in [-0.1, -0.05) is 12.1 Å². The van der Waals surface area contributed by atoms with E-state index in [0.717, 1.165) is 47.7 Å². The number of carbonyl (C=O) groups excluding carboxylic acids is 1. The molecule has 4 aromatic rings. The molecule has 1 N–H and O–H groups in total. The van der Waals surface area contributed by atoms with Gasteiger partial charge >= 0.3 is 0 Å². The SMILES string of the molecule is Cc1c(-c2ccc3c(c2)C(=O)Nc2cccc(n2)-c2nccn2CCCCO3)cnn1C. The molecule has 162 valence electrons. The van der Waals surface area contributed by atoms with Gasteiger partial charge in [0.05, 0.1) is 18.4 Å². The van der Waals surface area contributed by atoms with Crippen LogP contribution < -0.4 is 10.1 Å². The number of carbonyl (C=O) groups is 1. The Morgan fingerprint density at radius 2 is 2.03 bits per heavy atom. The van der Waals surface area contributed by atoms with Crippen molar-refractivity contribution < 1.29 is 9.53 Å². The van der Waals surface area contributed by atoms with Crippen molar-refractivity contribution in [2.24, 2.45) is 7.05 Å². The Morgan fingerprint density at radius 1 is 1.12 bits per heavy atom. The lowest BCUT2D eigenvalue weighted by Crippen LogP contribution is -2.16. The summed E-state index contributed by atoms with van der Waals surface area (Å²) in [6.07, 6.45) is 7.32. The Labute approximate surface area is 185 Å². The van der Waals surface area contributed by atoms with Gasteiger partial charge in [0.2, 0.25) is 0 Å². The van der Waals surface area contributed by atoms with Crippen molar-refractivity contribution in [1.82, 2.24) is 24.3 Å². The number of hydrogen-bond acceptors (Lipinski definition) is 5. The van der Waals surface area contributed by atoms with Crippen molar-refractivity contribution in [2.45, 2.75) is 26.3 Å². The van der Waals surface area contributed by atoms with Gasteiger partial charge in [-0.25, -0.2) is 9.97 Å². The van der Waals surface area contributed by atoms with Crippen LogP contribution in [0.25, 0.3) is 22.6 Å². The zero-order valence-electron chi connectivity index (χ0n) is 18.1. The number of nitrogens with zero attached hydrogens (tertiary/aromatic N) is 5. The molecule has 0 aliphatic carbocycles. The number of nitrogens with one attached hydrogen (secondary N) is 1. The van der Waals surface area contributed by atoms with Crippen molar-refractivity contribution in [2.75, 3.05) is 11.9 Å². The molecule has 0 saturated heterocycles. The Balaban J connectivity index is 1.55. The minimum atomic E-state index is -0.270. The summed E-state index contributed by atoms with van der Waals surface area (Å²) in [6, 6.07) is 11.2. The zero-order chi connectivity index (χ0) is 22.1. The van der Waals surface area contributed by atoms with E-state index < -0.39 is 0 Å². The number of fused-ring (bicyclic) bond motifs is 5. The molecule has 4 heterocycles. The highest BCUT2D eigenvalue weighted by Gasteiger charge is 2.18. The van der Waals surface area contributed by atoms with Gasteiger partial charge in [0.15, 0.2) is 5.82 Å². The highest BCUT2D eigenvalue weighted by atomic mass is 16.5. The molecule has 1 aromatic carbocycles. The monoisotopic (exact) mass is 428 g/mol. The predicted molar refractivity (Wildman–Crippen MR) is 122 cm³/mol. The van der Waals surface area contributed by atoms with Crippen molar-refractivity contribution in [3.05, 3.63) is 66.2 Å². The first kappa shape index (κ1) is 20.0. The molecule has 1 aliphatic heterocycles. The van der Waals surface area contributed by atoms with Crippen molar-refractivity contribution in [1.29, 1.82) is 0 Å². The molecule has 0 spiro atoms. The maximum absolute atomic E-state index is 13.3. The van der Waals surface area contributed by atoms with E-state index in [1.165, 1.54) is 0 Å². The van der Waals surface area contributed by atoms with Crippen LogP contribution in [0.5, 0.6) is 5.75 Å². The van der Waals surface area contributed by atoms with E-state index in [-0.39, 0.29) is 5.91 Å². The molecule has 8 nitrogen and oxygen atoms in total. The van der Waals surface area contributed by atoms with Crippen LogP contribution in [0.15, 0.2) is 55.0 Å². The van der Waals surface area contributed by atoms with Crippen molar-refractivity contribution in [3.8, 4) is 28.4 Å². The predicted octanol–water partition coefficient (Wildman–Crippen LogP) is 4.08. The molecule has 2 bridgehead atoms. The molecule has 0 atom stereocenters. The lowest BCUT2D eigenvalue weighted by atomic mass is 10.0. The van der Waals surface area contributed by atoms with Crippen LogP contribution >= 0.6 is 0 Å². The summed E-state index contributed by atoms with van der Waals surface area (Å²) in [5, 5.41) is 7.25. The van der Waals surface area contributed by atoms with Gasteiger partial charge < -0.3 is 14.6 Å². The minimum absolute atomic E-state index is 0.270. The van der Waals surface area contributed by atoms with Gasteiger partial charge in [-0.2, -0.15) is 5.10 Å². The van der Waals surface area contributed by atoms with Gasteiger partial charge in [-0.05, 0) is 49.6 Å². The third-order valence-electron chi connectivity index (χ3n) is 5.76. The van der Waals surface area contributed by atoms with Crippen LogP contribution in [-0.4, -0.2) is 36.8 Å². The second kappa shape index (κ2) is 8.30. The summed E-state index contributed by atoms with van der Waals surface area (Å²) < 4.78 is 9.92. The largest absolute Gasteiger partial charge is 0.493 e. The average molecular weight is 428 g/mol. The first-order valence-electron chi connectivity index (χ1n) is 10.7. The standard InChI is InChI=1S/C24H24N6O2/c1-16-19(15-26-29(16)2)17-8-9-21-18(14-17)24(31)28-22-7-5-6-20(27-22)23-25-10-12-30(23)11-3-4-13-32-21/h5-10,12,14-15H,3-4,11,13H2,1-2H3,(H,27,28,31). The molecular weight excluding hydrogens is 404 g/mol. The summed E-state index contributed by atoms with van der Waals surface area (Å²) >= 11 is 0. The third-order valence-corrected chi connectivity index (χ3v) is 5.76. The highest BCUT2D eigenvalue weighted by Crippen LogP contribution is 2.30. The van der Waals surface area contributed by atoms with E-state index in [1.54, 1.807) is 12.3 Å². The number of amides is 1. The fourth-order valence-electron chi connectivity index (χ4n) is 3.88. The summed E-state index contributed by atoms with van der Waals surface area (Å²) in [6.45, 7) is 3.35. The molecule has 32 heavy (non-hydrogen) atoms. The van der Waals surface area contributed by atoms with Crippen LogP contribution in [0.2, 0.25) is 0 Å². The highest BCUT2D eigenvalue weighted by molar-refractivity contribution is 6.06. The number of pyridine rings is 1. The number of anilines is 1. The fourth-order valence-corrected chi connectivity index (χ4v) is 3.88. The van der Waals surface area contributed by atoms with E-state index in [2.05, 4.69) is 25.0 Å². The third kappa shape index (κ3) is 3.75. The number of ether oxygens (including phenoxy) is 1. The van der Waals surface area contributed by atoms with E-state index >= 15 is 0 Å². The van der Waals surface area contributed by atoms with E-state index in [0.29, 0.717) is 23.7 Å². The van der Waals surface area contributed by atoms with Gasteiger partial charge in [-0.3, -0.25) is 9.48 Å². The first-order valence-corrected chi connectivity index (χ1v) is 10.7. The summed E-state index contributed by atoms with van der Waals surface area (Å²) in [5.41, 5.74) is 4.11. The van der Waals surface area contributed by atoms with Crippen LogP contribution in [0.1, 0.15) is 28.9 Å². The van der Waals surface area contributed by atoms with E-state index in [1.807, 2.05) is 61.4 Å². The summed E-state index contributed by atoms with van der Waals surface area (Å²) in [7, 11) is 1.90. The van der Waals surface area contributed by atoms with Crippen molar-refractivity contribution in [3.63, 3.8) is 0 Å². The summed E-state index contributed by atoms with van der Waals surface area (Å²) in [4.78, 5) is 22.4. The zero-order valence-corrected chi connectivity index (χ0v) is 18.1. The Morgan fingerprint density at radius 3 is 2.88 bits per heavy atom. The molecule has 1 amide bonds. The van der Waals surface area contributed by atoms with Crippen LogP contribution in [-0.2, 0) is 13.6 Å². The normalized spacial score (nSPS) is 14.0. The number of aromatic nitrogens is 5. The Bertz CT molecular complexity index is 1290. The van der Waals surface area contributed by atoms with E-state index in [9.17, 15) is 4.79 Å². The molecule has 8 heteroatoms. The molecule has 3 aromatic heterocycles.